The number of aliphatic hydroxyl groups is 2. The van der Waals surface area contributed by atoms with Crippen LogP contribution in [0.2, 0.25) is 0 Å². The monoisotopic (exact) mass is 643 g/mol. The number of carbonyl (C=O) groups is 2. The third-order valence-electron chi connectivity index (χ3n) is 8.79. The summed E-state index contributed by atoms with van der Waals surface area (Å²) in [5, 5.41) is 44.3. The molecule has 1 fully saturated rings. The van der Waals surface area contributed by atoms with Gasteiger partial charge in [0.1, 0.15) is 11.9 Å². The molecule has 0 saturated carbocycles. The Hall–Kier alpha value is -3.75. The molecule has 1 aliphatic heterocycles. The molecular weight excluding hydrogens is 602 g/mol. The minimum Gasteiger partial charge on any atom is -0.458 e. The van der Waals surface area contributed by atoms with Crippen LogP contribution in [0.5, 0.6) is 0 Å². The molecule has 0 aliphatic carbocycles. The minimum atomic E-state index is -1.33. The maximum atomic E-state index is 13.5. The van der Waals surface area contributed by atoms with Gasteiger partial charge in [-0.25, -0.2) is 9.61 Å². The number of rotatable bonds is 4. The largest absolute Gasteiger partial charge is 0.458 e. The third-order valence-corrected chi connectivity index (χ3v) is 9.58. The Kier molecular flexibility index (Phi) is 10.7. The number of aliphatic hydroxyl groups excluding tert-OH is 2. The molecule has 2 N–H and O–H groups in total. The van der Waals surface area contributed by atoms with E-state index < -0.39 is 47.0 Å². The van der Waals surface area contributed by atoms with Crippen molar-refractivity contribution in [2.24, 2.45) is 17.3 Å². The number of benzene rings is 1. The SMILES string of the molecule is C/C(=C\c1csc(C)n1)[C@@H]1CCN(c2ccc([N+](=O)[O-])c3nonc23)CCC[C@H](C)[C@H](O)[C@@H](C)C(=O)C(C)(C)[C@@H](O)CC(=O)O1. The number of non-ortho nitro benzene ring substituents is 1. The van der Waals surface area contributed by atoms with Gasteiger partial charge in [0.15, 0.2) is 5.52 Å². The fourth-order valence-electron chi connectivity index (χ4n) is 5.81. The highest BCUT2D eigenvalue weighted by Crippen LogP contribution is 2.34. The zero-order valence-electron chi connectivity index (χ0n) is 26.4. The molecule has 1 aromatic carbocycles. The normalized spacial score (nSPS) is 26.2. The van der Waals surface area contributed by atoms with E-state index >= 15 is 0 Å². The molecule has 4 rings (SSSR count). The predicted molar refractivity (Wildman–Crippen MR) is 169 cm³/mol. The van der Waals surface area contributed by atoms with Gasteiger partial charge < -0.3 is 19.8 Å². The van der Waals surface area contributed by atoms with Crippen LogP contribution in [0, 0.1) is 34.3 Å². The van der Waals surface area contributed by atoms with Crippen molar-refractivity contribution in [2.75, 3.05) is 18.0 Å². The molecule has 0 bridgehead atoms. The van der Waals surface area contributed by atoms with Crippen LogP contribution >= 0.6 is 11.3 Å². The van der Waals surface area contributed by atoms with Crippen molar-refractivity contribution in [3.8, 4) is 0 Å². The van der Waals surface area contributed by atoms with E-state index in [-0.39, 0.29) is 28.4 Å². The smallest absolute Gasteiger partial charge is 0.309 e. The highest BCUT2D eigenvalue weighted by Gasteiger charge is 2.42. The van der Waals surface area contributed by atoms with Crippen LogP contribution in [-0.4, -0.2) is 73.6 Å². The summed E-state index contributed by atoms with van der Waals surface area (Å²) >= 11 is 1.50. The summed E-state index contributed by atoms with van der Waals surface area (Å²) in [5.74, 6) is -2.04. The summed E-state index contributed by atoms with van der Waals surface area (Å²) in [4.78, 5) is 44.2. The van der Waals surface area contributed by atoms with Crippen molar-refractivity contribution in [1.29, 1.82) is 0 Å². The van der Waals surface area contributed by atoms with Crippen LogP contribution in [0.15, 0.2) is 27.7 Å². The molecule has 13 nitrogen and oxygen atoms in total. The van der Waals surface area contributed by atoms with Crippen LogP contribution in [0.3, 0.4) is 0 Å². The van der Waals surface area contributed by atoms with Crippen LogP contribution in [-0.2, 0) is 14.3 Å². The van der Waals surface area contributed by atoms with E-state index in [0.717, 1.165) is 16.3 Å². The minimum absolute atomic E-state index is 0.0235. The molecule has 2 aromatic heterocycles. The molecule has 45 heavy (non-hydrogen) atoms. The van der Waals surface area contributed by atoms with E-state index in [9.17, 15) is 29.9 Å². The number of esters is 1. The molecule has 14 heteroatoms. The van der Waals surface area contributed by atoms with Gasteiger partial charge in [-0.1, -0.05) is 27.7 Å². The van der Waals surface area contributed by atoms with Gasteiger partial charge in [-0.15, -0.1) is 11.3 Å². The van der Waals surface area contributed by atoms with Crippen LogP contribution < -0.4 is 4.90 Å². The van der Waals surface area contributed by atoms with Gasteiger partial charge in [0.05, 0.1) is 45.4 Å². The molecule has 0 radical (unpaired) electrons. The van der Waals surface area contributed by atoms with E-state index in [1.807, 2.05) is 37.1 Å². The topological polar surface area (TPSA) is 182 Å². The number of hydrogen-bond acceptors (Lipinski definition) is 13. The number of anilines is 1. The van der Waals surface area contributed by atoms with E-state index in [4.69, 9.17) is 9.37 Å². The fourth-order valence-corrected chi connectivity index (χ4v) is 6.38. The Labute approximate surface area is 265 Å². The molecule has 0 amide bonds. The maximum absolute atomic E-state index is 13.5. The quantitative estimate of drug-likeness (QED) is 0.224. The number of Topliss-reactive ketones (excluding diaryl/α,β-unsaturated/α-hetero) is 1. The van der Waals surface area contributed by atoms with Gasteiger partial charge in [-0.3, -0.25) is 19.7 Å². The Morgan fingerprint density at radius 2 is 1.87 bits per heavy atom. The highest BCUT2D eigenvalue weighted by molar-refractivity contribution is 7.09. The Bertz CT molecular complexity index is 1570. The number of carbonyl (C=O) groups excluding carboxylic acids is 2. The number of thiazole rings is 1. The molecule has 0 spiro atoms. The average Bonchev–Trinajstić information content (AvgIpc) is 3.64. The predicted octanol–water partition coefficient (Wildman–Crippen LogP) is 4.88. The van der Waals surface area contributed by atoms with Crippen LogP contribution in [0.25, 0.3) is 17.1 Å². The van der Waals surface area contributed by atoms with Crippen LogP contribution in [0.4, 0.5) is 11.4 Å². The van der Waals surface area contributed by atoms with Crippen molar-refractivity contribution in [1.82, 2.24) is 15.3 Å². The number of cyclic esters (lactones) is 1. The van der Waals surface area contributed by atoms with Crippen molar-refractivity contribution in [2.45, 2.75) is 85.5 Å². The first kappa shape index (κ1) is 34.1. The van der Waals surface area contributed by atoms with Gasteiger partial charge in [-0.05, 0) is 60.6 Å². The van der Waals surface area contributed by atoms with Gasteiger partial charge >= 0.3 is 11.7 Å². The van der Waals surface area contributed by atoms with Gasteiger partial charge in [-0.2, -0.15) is 0 Å². The Morgan fingerprint density at radius 1 is 1.16 bits per heavy atom. The zero-order valence-corrected chi connectivity index (χ0v) is 27.2. The molecule has 5 atom stereocenters. The van der Waals surface area contributed by atoms with Crippen LogP contribution in [0.1, 0.15) is 71.0 Å². The standard InChI is InChI=1S/C31H41N5O8S/c1-17-8-7-12-35(22-9-10-23(36(41)42)28-27(22)33-44-34-28)13-11-24(18(2)14-21-16-45-20(4)32-21)43-26(38)15-25(37)31(5,6)30(40)19(3)29(17)39/h9-10,14,16-17,19,24-25,29,37,39H,7-8,11-13,15H2,1-6H3/b18-14+/t17-,19+,24-,25-,29-/m0/s1. The lowest BCUT2D eigenvalue weighted by molar-refractivity contribution is -0.383. The number of aromatic nitrogens is 3. The first-order valence-corrected chi connectivity index (χ1v) is 15.9. The fraction of sp³-hybridized carbons (Fsp3) is 0.581. The molecule has 3 heterocycles. The molecule has 1 saturated heterocycles. The van der Waals surface area contributed by atoms with Gasteiger partial charge in [0, 0.05) is 36.9 Å². The molecule has 244 valence electrons. The van der Waals surface area contributed by atoms with E-state index in [0.29, 0.717) is 38.0 Å². The summed E-state index contributed by atoms with van der Waals surface area (Å²) in [6.45, 7) is 11.3. The van der Waals surface area contributed by atoms with Gasteiger partial charge in [0.2, 0.25) is 5.52 Å². The number of ether oxygens (including phenoxy) is 1. The summed E-state index contributed by atoms with van der Waals surface area (Å²) in [7, 11) is 0. The lowest BCUT2D eigenvalue weighted by atomic mass is 9.73. The van der Waals surface area contributed by atoms with Crippen molar-refractivity contribution >= 4 is 51.6 Å². The number of hydrogen-bond donors (Lipinski definition) is 2. The van der Waals surface area contributed by atoms with Gasteiger partial charge in [0.25, 0.3) is 0 Å². The number of ketones is 1. The lowest BCUT2D eigenvalue weighted by Crippen LogP contribution is -2.46. The number of nitro groups is 1. The molecule has 1 aliphatic rings. The maximum Gasteiger partial charge on any atom is 0.309 e. The highest BCUT2D eigenvalue weighted by atomic mass is 32.1. The summed E-state index contributed by atoms with van der Waals surface area (Å²) in [5.41, 5.74) is 0.763. The zero-order chi connectivity index (χ0) is 33.1. The number of fused-ring (bicyclic) bond motifs is 1. The van der Waals surface area contributed by atoms with Crippen molar-refractivity contribution in [3.05, 3.63) is 43.9 Å². The summed E-state index contributed by atoms with van der Waals surface area (Å²) in [6, 6.07) is 2.96. The second kappa shape index (κ2) is 14.1. The second-order valence-corrected chi connectivity index (χ2v) is 13.5. The Balaban J connectivity index is 1.72. The van der Waals surface area contributed by atoms with Crippen molar-refractivity contribution in [3.63, 3.8) is 0 Å². The number of aryl methyl sites for hydroxylation is 1. The second-order valence-electron chi connectivity index (χ2n) is 12.5. The average molecular weight is 644 g/mol. The Morgan fingerprint density at radius 3 is 2.53 bits per heavy atom. The van der Waals surface area contributed by atoms with E-state index in [1.165, 1.54) is 17.4 Å². The molecule has 0 unspecified atom stereocenters. The number of nitrogens with zero attached hydrogens (tertiary/aromatic N) is 5. The third kappa shape index (κ3) is 7.74. The summed E-state index contributed by atoms with van der Waals surface area (Å²) in [6.07, 6.45) is -0.0455. The van der Waals surface area contributed by atoms with Crippen molar-refractivity contribution < 1.29 is 34.1 Å². The number of nitro benzene ring substituents is 1. The first-order chi connectivity index (χ1) is 21.2. The van der Waals surface area contributed by atoms with E-state index in [2.05, 4.69) is 15.3 Å². The molecular formula is C31H41N5O8S. The lowest BCUT2D eigenvalue weighted by Gasteiger charge is -2.35. The first-order valence-electron chi connectivity index (χ1n) is 15.1. The van der Waals surface area contributed by atoms with E-state index in [1.54, 1.807) is 26.8 Å². The molecule has 3 aromatic rings. The summed E-state index contributed by atoms with van der Waals surface area (Å²) < 4.78 is 10.8.